The Kier molecular flexibility index (Phi) is 5.13. The van der Waals surface area contributed by atoms with Gasteiger partial charge in [0.15, 0.2) is 0 Å². The van der Waals surface area contributed by atoms with Crippen molar-refractivity contribution in [2.45, 2.75) is 61.6 Å². The molecule has 0 N–H and O–H groups in total. The molecule has 0 spiro atoms. The van der Waals surface area contributed by atoms with Crippen molar-refractivity contribution in [2.75, 3.05) is 19.1 Å². The molecule has 17 heavy (non-hydrogen) atoms. The van der Waals surface area contributed by atoms with E-state index in [1.807, 2.05) is 0 Å². The number of ether oxygens (including phenoxy) is 1. The van der Waals surface area contributed by atoms with Gasteiger partial charge in [-0.15, -0.1) is 0 Å². The summed E-state index contributed by atoms with van der Waals surface area (Å²) in [5.74, 6) is 0. The zero-order valence-electron chi connectivity index (χ0n) is 12.4. The Balaban J connectivity index is 2.95. The molecule has 1 rings (SSSR count). The van der Waals surface area contributed by atoms with Gasteiger partial charge in [0.2, 0.25) is 0 Å². The average Bonchev–Trinajstić information content (AvgIpc) is 2.15. The summed E-state index contributed by atoms with van der Waals surface area (Å²) in [6.45, 7) is 13.3. The van der Waals surface area contributed by atoms with E-state index < -0.39 is 8.07 Å². The molecule has 1 saturated heterocycles. The molecular weight excluding hydrogens is 264 g/mol. The number of rotatable bonds is 5. The predicted molar refractivity (Wildman–Crippen MR) is 85.9 cm³/mol. The van der Waals surface area contributed by atoms with Gasteiger partial charge in [0.05, 0.1) is 17.9 Å². The summed E-state index contributed by atoms with van der Waals surface area (Å²) >= 11 is 4.15. The van der Waals surface area contributed by atoms with Crippen LogP contribution in [0.15, 0.2) is 0 Å². The molecule has 1 heterocycles. The fourth-order valence-electron chi connectivity index (χ4n) is 2.33. The maximum Gasteiger partial charge on any atom is 0.0836 e. The second kappa shape index (κ2) is 5.47. The molecule has 1 nitrogen and oxygen atoms in total. The molecule has 1 aliphatic rings. The summed E-state index contributed by atoms with van der Waals surface area (Å²) in [6.07, 6.45) is 7.58. The highest BCUT2D eigenvalue weighted by atomic mass is 32.2. The van der Waals surface area contributed by atoms with E-state index in [4.69, 9.17) is 4.74 Å². The Bertz CT molecular complexity index is 253. The second-order valence-corrected chi connectivity index (χ2v) is 15.3. The van der Waals surface area contributed by atoms with Gasteiger partial charge in [0.1, 0.15) is 0 Å². The highest BCUT2D eigenvalue weighted by Crippen LogP contribution is 2.55. The molecule has 0 aliphatic carbocycles. The Morgan fingerprint density at radius 3 is 1.88 bits per heavy atom. The van der Waals surface area contributed by atoms with Crippen molar-refractivity contribution in [1.82, 2.24) is 0 Å². The second-order valence-electron chi connectivity index (χ2n) is 6.52. The van der Waals surface area contributed by atoms with Gasteiger partial charge in [0, 0.05) is 6.61 Å². The van der Waals surface area contributed by atoms with Crippen molar-refractivity contribution >= 4 is 31.6 Å². The van der Waals surface area contributed by atoms with E-state index in [-0.39, 0.29) is 0 Å². The highest BCUT2D eigenvalue weighted by Gasteiger charge is 2.53. The van der Waals surface area contributed by atoms with Crippen LogP contribution in [0.25, 0.3) is 0 Å². The summed E-state index contributed by atoms with van der Waals surface area (Å²) in [7, 11) is -1.38. The summed E-state index contributed by atoms with van der Waals surface area (Å²) in [6, 6.07) is 0. The lowest BCUT2D eigenvalue weighted by Crippen LogP contribution is -2.57. The summed E-state index contributed by atoms with van der Waals surface area (Å²) < 4.78 is 6.08. The molecule has 1 aliphatic heterocycles. The van der Waals surface area contributed by atoms with Crippen LogP contribution in [0.4, 0.5) is 0 Å². The van der Waals surface area contributed by atoms with E-state index in [1.54, 1.807) is 0 Å². The Morgan fingerprint density at radius 2 is 1.65 bits per heavy atom. The molecule has 0 amide bonds. The highest BCUT2D eigenvalue weighted by molar-refractivity contribution is 8.20. The van der Waals surface area contributed by atoms with Crippen molar-refractivity contribution in [3.8, 4) is 0 Å². The lowest BCUT2D eigenvalue weighted by atomic mass is 10.1. The van der Waals surface area contributed by atoms with Crippen LogP contribution >= 0.6 is 23.5 Å². The number of thioether (sulfide) groups is 2. The molecule has 0 bridgehead atoms. The third-order valence-corrected chi connectivity index (χ3v) is 17.6. The van der Waals surface area contributed by atoms with Crippen molar-refractivity contribution in [3.63, 3.8) is 0 Å². The van der Waals surface area contributed by atoms with E-state index in [1.165, 1.54) is 12.8 Å². The molecule has 1 atom stereocenters. The maximum atomic E-state index is 5.69. The molecule has 102 valence electrons. The van der Waals surface area contributed by atoms with Crippen molar-refractivity contribution in [3.05, 3.63) is 0 Å². The Morgan fingerprint density at radius 1 is 1.18 bits per heavy atom. The summed E-state index contributed by atoms with van der Waals surface area (Å²) in [4.78, 5) is 0. The number of hydrogen-bond acceptors (Lipinski definition) is 3. The third-order valence-electron chi connectivity index (χ3n) is 4.78. The lowest BCUT2D eigenvalue weighted by molar-refractivity contribution is -0.0536. The average molecular weight is 293 g/mol. The van der Waals surface area contributed by atoms with Crippen LogP contribution in [0.2, 0.25) is 18.1 Å². The van der Waals surface area contributed by atoms with Gasteiger partial charge in [-0.25, -0.2) is 0 Å². The zero-order valence-corrected chi connectivity index (χ0v) is 15.1. The van der Waals surface area contributed by atoms with Crippen LogP contribution in [0.3, 0.4) is 0 Å². The van der Waals surface area contributed by atoms with Gasteiger partial charge in [0.25, 0.3) is 0 Å². The number of hydrogen-bond donors (Lipinski definition) is 0. The molecule has 1 fully saturated rings. The van der Waals surface area contributed by atoms with Gasteiger partial charge >= 0.3 is 0 Å². The maximum absolute atomic E-state index is 5.69. The van der Waals surface area contributed by atoms with E-state index in [0.29, 0.717) is 14.8 Å². The smallest absolute Gasteiger partial charge is 0.0836 e. The van der Waals surface area contributed by atoms with Crippen molar-refractivity contribution in [1.29, 1.82) is 0 Å². The minimum atomic E-state index is -1.38. The van der Waals surface area contributed by atoms with Crippen LogP contribution in [0.1, 0.15) is 33.6 Å². The van der Waals surface area contributed by atoms with Gasteiger partial charge in [-0.05, 0) is 30.4 Å². The van der Waals surface area contributed by atoms with Gasteiger partial charge in [-0.2, -0.15) is 23.5 Å². The van der Waals surface area contributed by atoms with Crippen LogP contribution < -0.4 is 0 Å². The fraction of sp³-hybridized carbons (Fsp3) is 1.00. The molecular formula is C13H28OS2Si. The fourth-order valence-corrected chi connectivity index (χ4v) is 11.5. The van der Waals surface area contributed by atoms with Crippen molar-refractivity contribution in [2.24, 2.45) is 0 Å². The summed E-state index contributed by atoms with van der Waals surface area (Å²) in [5, 5.41) is 0.433. The van der Waals surface area contributed by atoms with E-state index in [2.05, 4.69) is 69.9 Å². The van der Waals surface area contributed by atoms with Crippen LogP contribution in [0.5, 0.6) is 0 Å². The van der Waals surface area contributed by atoms with E-state index >= 15 is 0 Å². The first kappa shape index (κ1) is 15.9. The van der Waals surface area contributed by atoms with Crippen LogP contribution in [0, 0.1) is 0 Å². The van der Waals surface area contributed by atoms with Crippen molar-refractivity contribution < 1.29 is 4.74 Å². The zero-order chi connectivity index (χ0) is 13.3. The molecule has 0 radical (unpaired) electrons. The first-order valence-electron chi connectivity index (χ1n) is 6.42. The van der Waals surface area contributed by atoms with E-state index in [0.717, 1.165) is 6.61 Å². The first-order valence-corrected chi connectivity index (χ1v) is 11.9. The molecule has 4 heteroatoms. The first-order chi connectivity index (χ1) is 7.70. The lowest BCUT2D eigenvalue weighted by Gasteiger charge is -2.52. The van der Waals surface area contributed by atoms with Gasteiger partial charge < -0.3 is 4.74 Å². The minimum Gasteiger partial charge on any atom is -0.378 e. The van der Waals surface area contributed by atoms with Crippen LogP contribution in [-0.4, -0.2) is 37.0 Å². The molecule has 0 aromatic rings. The normalized spacial score (nSPS) is 22.4. The minimum absolute atomic E-state index is 0.385. The standard InChI is InChI=1S/C13H28OS2Si/c1-12(2,3)17(6,7)13(15-4,16-5)10-11-8-9-14-11/h11H,8-10H2,1-7H3. The van der Waals surface area contributed by atoms with Gasteiger partial charge in [-0.3, -0.25) is 0 Å². The van der Waals surface area contributed by atoms with Gasteiger partial charge in [-0.1, -0.05) is 33.9 Å². The third kappa shape index (κ3) is 2.90. The Hall–Kier alpha value is 0.877. The quantitative estimate of drug-likeness (QED) is 0.540. The van der Waals surface area contributed by atoms with E-state index in [9.17, 15) is 0 Å². The molecule has 0 aromatic carbocycles. The molecule has 0 saturated carbocycles. The topological polar surface area (TPSA) is 9.23 Å². The SMILES string of the molecule is CSC(CC1CCO1)(SC)[Si](C)(C)C(C)(C)C. The molecule has 0 aromatic heterocycles. The Labute approximate surface area is 117 Å². The largest absolute Gasteiger partial charge is 0.378 e. The predicted octanol–water partition coefficient (Wildman–Crippen LogP) is 4.64. The molecule has 1 unspecified atom stereocenters. The van der Waals surface area contributed by atoms with Crippen LogP contribution in [-0.2, 0) is 4.74 Å². The monoisotopic (exact) mass is 292 g/mol. The summed E-state index contributed by atoms with van der Waals surface area (Å²) in [5.41, 5.74) is 0.